The third-order valence-electron chi connectivity index (χ3n) is 6.68. The van der Waals surface area contributed by atoms with Crippen molar-refractivity contribution < 1.29 is 0 Å². The maximum atomic E-state index is 4.93. The van der Waals surface area contributed by atoms with Gasteiger partial charge in [0.25, 0.3) is 0 Å². The van der Waals surface area contributed by atoms with Gasteiger partial charge in [-0.3, -0.25) is 9.80 Å². The van der Waals surface area contributed by atoms with Crippen molar-refractivity contribution in [1.82, 2.24) is 24.7 Å². The third-order valence-corrected chi connectivity index (χ3v) is 6.68. The maximum absolute atomic E-state index is 4.93. The Morgan fingerprint density at radius 2 is 1.87 bits per heavy atom. The number of hydrogen-bond donors (Lipinski definition) is 1. The summed E-state index contributed by atoms with van der Waals surface area (Å²) in [6, 6.07) is 9.17. The second-order valence-corrected chi connectivity index (χ2v) is 9.47. The number of rotatable bonds is 8. The van der Waals surface area contributed by atoms with Gasteiger partial charge in [-0.2, -0.15) is 0 Å². The summed E-state index contributed by atoms with van der Waals surface area (Å²) in [5, 5.41) is 4.68. The van der Waals surface area contributed by atoms with Crippen LogP contribution in [0.5, 0.6) is 0 Å². The SMILES string of the molecule is CC1CCC(N2CCN(Cc3nc(NCCCN(C)C)c4ccccc4n3)CC2)C1. The topological polar surface area (TPSA) is 47.5 Å². The fourth-order valence-corrected chi connectivity index (χ4v) is 4.93. The maximum Gasteiger partial charge on any atom is 0.145 e. The van der Waals surface area contributed by atoms with E-state index in [9.17, 15) is 0 Å². The largest absolute Gasteiger partial charge is 0.369 e. The van der Waals surface area contributed by atoms with Crippen LogP contribution in [0.4, 0.5) is 5.82 Å². The second-order valence-electron chi connectivity index (χ2n) is 9.47. The Morgan fingerprint density at radius 1 is 1.07 bits per heavy atom. The van der Waals surface area contributed by atoms with Gasteiger partial charge in [0, 0.05) is 44.2 Å². The number of anilines is 1. The molecule has 2 heterocycles. The van der Waals surface area contributed by atoms with E-state index in [0.29, 0.717) is 0 Å². The van der Waals surface area contributed by atoms with Crippen LogP contribution in [0.3, 0.4) is 0 Å². The van der Waals surface area contributed by atoms with Gasteiger partial charge in [0.2, 0.25) is 0 Å². The van der Waals surface area contributed by atoms with Gasteiger partial charge in [0.1, 0.15) is 11.6 Å². The van der Waals surface area contributed by atoms with Gasteiger partial charge < -0.3 is 10.2 Å². The zero-order valence-corrected chi connectivity index (χ0v) is 19.0. The quantitative estimate of drug-likeness (QED) is 0.674. The van der Waals surface area contributed by atoms with E-state index in [0.717, 1.165) is 73.6 Å². The lowest BCUT2D eigenvalue weighted by atomic mass is 10.1. The highest BCUT2D eigenvalue weighted by atomic mass is 15.3. The highest BCUT2D eigenvalue weighted by Crippen LogP contribution is 2.29. The molecular formula is C24H38N6. The Morgan fingerprint density at radius 3 is 2.60 bits per heavy atom. The first-order valence-electron chi connectivity index (χ1n) is 11.7. The lowest BCUT2D eigenvalue weighted by Crippen LogP contribution is -2.49. The average Bonchev–Trinajstić information content (AvgIpc) is 3.18. The second kappa shape index (κ2) is 10.0. The van der Waals surface area contributed by atoms with E-state index in [1.807, 2.05) is 0 Å². The number of piperazine rings is 1. The van der Waals surface area contributed by atoms with Crippen molar-refractivity contribution in [3.05, 3.63) is 30.1 Å². The number of nitrogens with zero attached hydrogens (tertiary/aromatic N) is 5. The van der Waals surface area contributed by atoms with Crippen molar-refractivity contribution >= 4 is 16.7 Å². The van der Waals surface area contributed by atoms with Gasteiger partial charge in [-0.15, -0.1) is 0 Å². The Kier molecular flexibility index (Phi) is 7.18. The molecule has 2 fully saturated rings. The predicted molar refractivity (Wildman–Crippen MR) is 125 cm³/mol. The molecule has 0 bridgehead atoms. The van der Waals surface area contributed by atoms with Crippen LogP contribution in [0, 0.1) is 5.92 Å². The zero-order valence-electron chi connectivity index (χ0n) is 19.0. The van der Waals surface area contributed by atoms with Crippen LogP contribution < -0.4 is 5.32 Å². The van der Waals surface area contributed by atoms with Crippen LogP contribution >= 0.6 is 0 Å². The molecule has 2 atom stereocenters. The number of aromatic nitrogens is 2. The van der Waals surface area contributed by atoms with Crippen LogP contribution in [0.2, 0.25) is 0 Å². The number of benzene rings is 1. The molecule has 1 aromatic carbocycles. The van der Waals surface area contributed by atoms with Crippen LogP contribution in [-0.4, -0.2) is 84.1 Å². The Balaban J connectivity index is 1.38. The van der Waals surface area contributed by atoms with E-state index in [4.69, 9.17) is 9.97 Å². The molecule has 1 saturated carbocycles. The van der Waals surface area contributed by atoms with Crippen LogP contribution in [0.1, 0.15) is 38.4 Å². The highest BCUT2D eigenvalue weighted by Gasteiger charge is 2.29. The summed E-state index contributed by atoms with van der Waals surface area (Å²) in [6.07, 6.45) is 5.27. The van der Waals surface area contributed by atoms with Gasteiger partial charge in [-0.25, -0.2) is 9.97 Å². The molecule has 30 heavy (non-hydrogen) atoms. The van der Waals surface area contributed by atoms with E-state index < -0.39 is 0 Å². The first-order valence-corrected chi connectivity index (χ1v) is 11.7. The molecule has 1 saturated heterocycles. The average molecular weight is 411 g/mol. The number of hydrogen-bond acceptors (Lipinski definition) is 6. The predicted octanol–water partition coefficient (Wildman–Crippen LogP) is 3.30. The zero-order chi connectivity index (χ0) is 20.9. The molecule has 6 nitrogen and oxygen atoms in total. The minimum absolute atomic E-state index is 0.817. The lowest BCUT2D eigenvalue weighted by Gasteiger charge is -2.37. The first kappa shape index (κ1) is 21.5. The van der Waals surface area contributed by atoms with Gasteiger partial charge in [0.15, 0.2) is 0 Å². The van der Waals surface area contributed by atoms with Crippen molar-refractivity contribution in [2.24, 2.45) is 5.92 Å². The van der Waals surface area contributed by atoms with Gasteiger partial charge in [-0.1, -0.05) is 19.1 Å². The smallest absolute Gasteiger partial charge is 0.145 e. The van der Waals surface area contributed by atoms with Crippen molar-refractivity contribution in [1.29, 1.82) is 0 Å². The molecule has 0 spiro atoms. The highest BCUT2D eigenvalue weighted by molar-refractivity contribution is 5.88. The Bertz CT molecular complexity index is 814. The molecule has 2 aliphatic rings. The van der Waals surface area contributed by atoms with Crippen molar-refractivity contribution in [2.45, 2.75) is 45.2 Å². The molecular weight excluding hydrogens is 372 g/mol. The lowest BCUT2D eigenvalue weighted by molar-refractivity contribution is 0.0909. The summed E-state index contributed by atoms with van der Waals surface area (Å²) >= 11 is 0. The van der Waals surface area contributed by atoms with E-state index in [2.05, 4.69) is 65.3 Å². The summed E-state index contributed by atoms with van der Waals surface area (Å²) in [4.78, 5) is 17.3. The molecule has 4 rings (SSSR count). The molecule has 164 valence electrons. The van der Waals surface area contributed by atoms with Crippen LogP contribution in [-0.2, 0) is 6.54 Å². The van der Waals surface area contributed by atoms with E-state index in [1.165, 1.54) is 32.4 Å². The summed E-state index contributed by atoms with van der Waals surface area (Å²) in [7, 11) is 4.23. The summed E-state index contributed by atoms with van der Waals surface area (Å²) in [6.45, 7) is 9.84. The molecule has 1 N–H and O–H groups in total. The van der Waals surface area contributed by atoms with Crippen LogP contribution in [0.25, 0.3) is 10.9 Å². The van der Waals surface area contributed by atoms with Crippen molar-refractivity contribution in [2.75, 3.05) is 58.7 Å². The van der Waals surface area contributed by atoms with E-state index in [-0.39, 0.29) is 0 Å². The molecule has 1 aromatic heterocycles. The summed E-state index contributed by atoms with van der Waals surface area (Å²) < 4.78 is 0. The van der Waals surface area contributed by atoms with E-state index >= 15 is 0 Å². The molecule has 1 aliphatic carbocycles. The van der Waals surface area contributed by atoms with E-state index in [1.54, 1.807) is 0 Å². The first-order chi connectivity index (χ1) is 14.6. The Labute approximate surface area is 181 Å². The van der Waals surface area contributed by atoms with Crippen molar-refractivity contribution in [3.8, 4) is 0 Å². The molecule has 6 heteroatoms. The van der Waals surface area contributed by atoms with Gasteiger partial charge in [0.05, 0.1) is 12.1 Å². The molecule has 1 aliphatic heterocycles. The van der Waals surface area contributed by atoms with Gasteiger partial charge in [-0.05, 0) is 64.4 Å². The number of para-hydroxylation sites is 1. The third kappa shape index (κ3) is 5.48. The minimum atomic E-state index is 0.817. The summed E-state index contributed by atoms with van der Waals surface area (Å²) in [5.41, 5.74) is 1.04. The molecule has 2 aromatic rings. The molecule has 0 amide bonds. The molecule has 2 unspecified atom stereocenters. The number of fused-ring (bicyclic) bond motifs is 1. The minimum Gasteiger partial charge on any atom is -0.369 e. The summed E-state index contributed by atoms with van der Waals surface area (Å²) in [5.74, 6) is 2.82. The Hall–Kier alpha value is -1.76. The van der Waals surface area contributed by atoms with Gasteiger partial charge >= 0.3 is 0 Å². The number of nitrogens with one attached hydrogen (secondary N) is 1. The fourth-order valence-electron chi connectivity index (χ4n) is 4.93. The standard InChI is InChI=1S/C24H38N6/c1-19-9-10-20(17-19)30-15-13-29(14-16-30)18-23-26-22-8-5-4-7-21(22)24(27-23)25-11-6-12-28(2)3/h4-5,7-8,19-20H,6,9-18H2,1-3H3,(H,25,26,27). The fraction of sp³-hybridized carbons (Fsp3) is 0.667. The van der Waals surface area contributed by atoms with Crippen molar-refractivity contribution in [3.63, 3.8) is 0 Å². The van der Waals surface area contributed by atoms with Crippen LogP contribution in [0.15, 0.2) is 24.3 Å². The normalized spacial score (nSPS) is 23.5. The monoisotopic (exact) mass is 410 g/mol. The molecule has 0 radical (unpaired) electrons.